The Kier molecular flexibility index (Phi) is 7.31. The molecular weight excluding hydrogens is 448 g/mol. The van der Waals surface area contributed by atoms with Crippen molar-refractivity contribution in [2.75, 3.05) is 11.9 Å². The van der Waals surface area contributed by atoms with Crippen molar-refractivity contribution < 1.29 is 4.74 Å². The molecule has 0 amide bonds. The van der Waals surface area contributed by atoms with Gasteiger partial charge in [-0.05, 0) is 50.5 Å². The summed E-state index contributed by atoms with van der Waals surface area (Å²) in [5.74, 6) is 1.46. The number of halogens is 1. The van der Waals surface area contributed by atoms with Crippen LogP contribution in [0.2, 0.25) is 0 Å². The van der Waals surface area contributed by atoms with Gasteiger partial charge in [0.05, 0.1) is 6.61 Å². The third-order valence-corrected chi connectivity index (χ3v) is 5.57. The number of aromatic nitrogens is 4. The average Bonchev–Trinajstić information content (AvgIpc) is 3.07. The smallest absolute Gasteiger partial charge is 0.332 e. The quantitative estimate of drug-likeness (QED) is 0.350. The van der Waals surface area contributed by atoms with Gasteiger partial charge in [0.1, 0.15) is 11.6 Å². The van der Waals surface area contributed by atoms with E-state index >= 15 is 0 Å². The molecule has 160 valence electrons. The molecule has 0 fully saturated rings. The van der Waals surface area contributed by atoms with Gasteiger partial charge in [-0.3, -0.25) is 13.9 Å². The second-order valence-electron chi connectivity index (χ2n) is 6.92. The van der Waals surface area contributed by atoms with Crippen LogP contribution >= 0.6 is 15.9 Å². The van der Waals surface area contributed by atoms with Gasteiger partial charge in [0.25, 0.3) is 5.56 Å². The van der Waals surface area contributed by atoms with E-state index in [9.17, 15) is 9.59 Å². The molecule has 0 aliphatic rings. The lowest BCUT2D eigenvalue weighted by molar-refractivity contribution is 0.310. The van der Waals surface area contributed by atoms with Crippen LogP contribution in [0.15, 0.2) is 33.9 Å². The number of alkyl halides is 1. The number of rotatable bonds is 9. The van der Waals surface area contributed by atoms with Crippen molar-refractivity contribution in [1.29, 1.82) is 0 Å². The van der Waals surface area contributed by atoms with E-state index in [2.05, 4.69) is 20.9 Å². The highest BCUT2D eigenvalue weighted by atomic mass is 79.9. The number of aryl methyl sites for hydroxylation is 2. The highest BCUT2D eigenvalue weighted by Crippen LogP contribution is 2.16. The molecule has 1 aromatic carbocycles. The van der Waals surface area contributed by atoms with E-state index in [0.717, 1.165) is 29.5 Å². The molecule has 2 heterocycles. The van der Waals surface area contributed by atoms with Gasteiger partial charge in [0.2, 0.25) is 0 Å². The first-order chi connectivity index (χ1) is 14.5. The highest BCUT2D eigenvalue weighted by Gasteiger charge is 2.17. The molecule has 0 spiro atoms. The van der Waals surface area contributed by atoms with Crippen molar-refractivity contribution in [3.63, 3.8) is 0 Å². The minimum atomic E-state index is -0.321. The van der Waals surface area contributed by atoms with E-state index in [-0.39, 0.29) is 11.2 Å². The Labute approximate surface area is 183 Å². The third-order valence-electron chi connectivity index (χ3n) is 5.01. The van der Waals surface area contributed by atoms with Gasteiger partial charge in [-0.15, -0.1) is 0 Å². The predicted octanol–water partition coefficient (Wildman–Crippen LogP) is 3.66. The highest BCUT2D eigenvalue weighted by molar-refractivity contribution is 9.09. The molecule has 7 nitrogen and oxygen atoms in total. The van der Waals surface area contributed by atoms with E-state index in [1.54, 1.807) is 23.1 Å². The Balaban J connectivity index is 1.88. The molecule has 0 radical (unpaired) electrons. The van der Waals surface area contributed by atoms with Gasteiger partial charge in [0.15, 0.2) is 11.2 Å². The van der Waals surface area contributed by atoms with E-state index in [4.69, 9.17) is 4.74 Å². The van der Waals surface area contributed by atoms with Crippen molar-refractivity contribution in [2.45, 2.75) is 39.8 Å². The van der Waals surface area contributed by atoms with Crippen LogP contribution in [0.25, 0.3) is 23.3 Å². The summed E-state index contributed by atoms with van der Waals surface area (Å²) in [5, 5.41) is 0.989. The summed E-state index contributed by atoms with van der Waals surface area (Å²) in [4.78, 5) is 29.9. The normalized spacial score (nSPS) is 11.6. The fourth-order valence-corrected chi connectivity index (χ4v) is 3.72. The second-order valence-corrected chi connectivity index (χ2v) is 7.72. The summed E-state index contributed by atoms with van der Waals surface area (Å²) in [5.41, 5.74) is 1.22. The number of nitrogens with zero attached hydrogens (tertiary/aromatic N) is 4. The minimum Gasteiger partial charge on any atom is -0.494 e. The largest absolute Gasteiger partial charge is 0.494 e. The van der Waals surface area contributed by atoms with Crippen LogP contribution in [0, 0.1) is 0 Å². The van der Waals surface area contributed by atoms with E-state index in [1.807, 2.05) is 43.3 Å². The number of unbranched alkanes of at least 4 members (excludes halogenated alkanes) is 1. The van der Waals surface area contributed by atoms with Gasteiger partial charge in [0, 0.05) is 25.5 Å². The number of hydrogen-bond donors (Lipinski definition) is 0. The maximum absolute atomic E-state index is 12.8. The molecule has 0 aliphatic heterocycles. The summed E-state index contributed by atoms with van der Waals surface area (Å²) < 4.78 is 10.3. The number of hydrogen-bond acceptors (Lipinski definition) is 4. The fourth-order valence-electron chi connectivity index (χ4n) is 3.32. The number of imidazole rings is 1. The molecule has 3 aromatic rings. The first-order valence-corrected chi connectivity index (χ1v) is 11.3. The Hall–Kier alpha value is -2.61. The Morgan fingerprint density at radius 2 is 1.73 bits per heavy atom. The predicted molar refractivity (Wildman–Crippen MR) is 124 cm³/mol. The fraction of sp³-hybridized carbons (Fsp3) is 0.409. The van der Waals surface area contributed by atoms with Gasteiger partial charge >= 0.3 is 5.69 Å². The lowest BCUT2D eigenvalue weighted by atomic mass is 10.2. The van der Waals surface area contributed by atoms with Gasteiger partial charge in [-0.1, -0.05) is 34.1 Å². The Morgan fingerprint density at radius 3 is 2.37 bits per heavy atom. The number of ether oxygens (including phenoxy) is 1. The Morgan fingerprint density at radius 1 is 1.03 bits per heavy atom. The second kappa shape index (κ2) is 9.93. The summed E-state index contributed by atoms with van der Waals surface area (Å²) in [7, 11) is 1.80. The zero-order chi connectivity index (χ0) is 21.7. The van der Waals surface area contributed by atoms with Crippen LogP contribution in [-0.2, 0) is 20.1 Å². The number of fused-ring (bicyclic) bond motifs is 1. The van der Waals surface area contributed by atoms with Gasteiger partial charge in [-0.2, -0.15) is 0 Å². The SMILES string of the molecule is CCn1c(=O)c2c(nc(/C=C/c3ccc(OCCCCBr)cc3)n2C)n(CC)c1=O. The summed E-state index contributed by atoms with van der Waals surface area (Å²) in [6.45, 7) is 5.15. The van der Waals surface area contributed by atoms with Crippen molar-refractivity contribution in [3.8, 4) is 5.75 Å². The molecule has 0 atom stereocenters. The zero-order valence-corrected chi connectivity index (χ0v) is 19.2. The molecule has 0 saturated carbocycles. The van der Waals surface area contributed by atoms with E-state index in [0.29, 0.717) is 36.7 Å². The van der Waals surface area contributed by atoms with Crippen LogP contribution in [0.1, 0.15) is 38.1 Å². The monoisotopic (exact) mass is 474 g/mol. The summed E-state index contributed by atoms with van der Waals surface area (Å²) >= 11 is 3.42. The first-order valence-electron chi connectivity index (χ1n) is 10.2. The number of benzene rings is 1. The van der Waals surface area contributed by atoms with Crippen LogP contribution in [0.4, 0.5) is 0 Å². The zero-order valence-electron chi connectivity index (χ0n) is 17.6. The van der Waals surface area contributed by atoms with Crippen LogP contribution in [0.3, 0.4) is 0 Å². The van der Waals surface area contributed by atoms with Crippen molar-refractivity contribution >= 4 is 39.2 Å². The molecule has 0 N–H and O–H groups in total. The molecule has 8 heteroatoms. The topological polar surface area (TPSA) is 71.1 Å². The molecule has 3 rings (SSSR count). The molecule has 0 bridgehead atoms. The molecule has 0 aliphatic carbocycles. The molecule has 2 aromatic heterocycles. The summed E-state index contributed by atoms with van der Waals surface area (Å²) in [6, 6.07) is 7.84. The first kappa shape index (κ1) is 22.1. The van der Waals surface area contributed by atoms with Gasteiger partial charge < -0.3 is 9.30 Å². The van der Waals surface area contributed by atoms with E-state index < -0.39 is 0 Å². The maximum atomic E-state index is 12.8. The van der Waals surface area contributed by atoms with E-state index in [1.165, 1.54) is 4.57 Å². The van der Waals surface area contributed by atoms with Crippen molar-refractivity contribution in [3.05, 3.63) is 56.5 Å². The average molecular weight is 475 g/mol. The molecule has 0 unspecified atom stereocenters. The lowest BCUT2D eigenvalue weighted by Gasteiger charge is -2.08. The maximum Gasteiger partial charge on any atom is 0.332 e. The Bertz CT molecular complexity index is 1160. The third kappa shape index (κ3) is 4.43. The molecule has 0 saturated heterocycles. The van der Waals surface area contributed by atoms with Crippen molar-refractivity contribution in [2.24, 2.45) is 7.05 Å². The van der Waals surface area contributed by atoms with Crippen LogP contribution < -0.4 is 16.0 Å². The summed E-state index contributed by atoms with van der Waals surface area (Å²) in [6.07, 6.45) is 5.89. The lowest BCUT2D eigenvalue weighted by Crippen LogP contribution is -2.39. The standard InChI is InChI=1S/C22H27BrN4O3/c1-4-26-20-19(21(28)27(5-2)22(26)29)25(3)18(24-20)13-10-16-8-11-17(12-9-16)30-15-7-6-14-23/h8-13H,4-7,14-15H2,1-3H3/b13-10+. The van der Waals surface area contributed by atoms with Gasteiger partial charge in [-0.25, -0.2) is 9.78 Å². The van der Waals surface area contributed by atoms with Crippen LogP contribution in [0.5, 0.6) is 5.75 Å². The van der Waals surface area contributed by atoms with Crippen molar-refractivity contribution in [1.82, 2.24) is 18.7 Å². The van der Waals surface area contributed by atoms with Crippen LogP contribution in [-0.4, -0.2) is 30.6 Å². The molecular formula is C22H27BrN4O3. The molecule has 30 heavy (non-hydrogen) atoms. The minimum absolute atomic E-state index is 0.307.